The Morgan fingerprint density at radius 3 is 2.55 bits per heavy atom. The molecule has 33 heavy (non-hydrogen) atoms. The molecule has 0 saturated heterocycles. The van der Waals surface area contributed by atoms with Gasteiger partial charge in [-0.2, -0.15) is 0 Å². The Bertz CT molecular complexity index is 1190. The van der Waals surface area contributed by atoms with E-state index in [4.69, 9.17) is 9.72 Å². The number of aliphatic hydroxyl groups excluding tert-OH is 1. The van der Waals surface area contributed by atoms with Crippen LogP contribution in [0.3, 0.4) is 0 Å². The van der Waals surface area contributed by atoms with Gasteiger partial charge < -0.3 is 19.0 Å². The maximum Gasteiger partial charge on any atom is 0.325 e. The summed E-state index contributed by atoms with van der Waals surface area (Å²) >= 11 is 0. The number of benzene rings is 1. The van der Waals surface area contributed by atoms with Crippen molar-refractivity contribution in [3.8, 4) is 11.4 Å². The number of ether oxygens (including phenoxy) is 1. The highest BCUT2D eigenvalue weighted by atomic mass is 16.5. The quantitative estimate of drug-likeness (QED) is 0.533. The van der Waals surface area contributed by atoms with Crippen LogP contribution < -0.4 is 10.9 Å². The summed E-state index contributed by atoms with van der Waals surface area (Å²) in [6.45, 7) is 9.97. The third kappa shape index (κ3) is 5.69. The number of aryl methyl sites for hydroxylation is 3. The lowest BCUT2D eigenvalue weighted by molar-refractivity contribution is -0.151. The number of fused-ring (bicyclic) bond motifs is 1. The van der Waals surface area contributed by atoms with Gasteiger partial charge in [0.2, 0.25) is 0 Å². The van der Waals surface area contributed by atoms with Crippen LogP contribution in [0.1, 0.15) is 38.8 Å². The fourth-order valence-corrected chi connectivity index (χ4v) is 3.67. The molecule has 2 heterocycles. The maximum atomic E-state index is 12.5. The number of nitrogens with one attached hydrogen (secondary N) is 1. The number of carbonyl (C=O) groups is 1. The van der Waals surface area contributed by atoms with Gasteiger partial charge in [-0.15, -0.1) is 0 Å². The number of aliphatic hydroxyl groups is 1. The average Bonchev–Trinajstić information content (AvgIpc) is 3.05. The molecule has 3 rings (SSSR count). The van der Waals surface area contributed by atoms with Crippen LogP contribution in [0.25, 0.3) is 22.4 Å². The molecule has 8 nitrogen and oxygen atoms in total. The Hall–Kier alpha value is -2.97. The lowest BCUT2D eigenvalue weighted by Crippen LogP contribution is -2.46. The summed E-state index contributed by atoms with van der Waals surface area (Å²) in [7, 11) is 3.67. The van der Waals surface area contributed by atoms with Crippen LogP contribution in [0.4, 0.5) is 0 Å². The molecular weight excluding hydrogens is 420 g/mol. The number of nitrogens with zero attached hydrogens (tertiary/aromatic N) is 3. The number of pyridine rings is 1. The van der Waals surface area contributed by atoms with Crippen LogP contribution in [-0.4, -0.2) is 43.9 Å². The molecule has 0 aliphatic rings. The lowest BCUT2D eigenvalue weighted by atomic mass is 9.98. The summed E-state index contributed by atoms with van der Waals surface area (Å²) in [4.78, 5) is 29.3. The molecule has 0 radical (unpaired) electrons. The van der Waals surface area contributed by atoms with Gasteiger partial charge >= 0.3 is 5.97 Å². The first-order valence-electron chi connectivity index (χ1n) is 11.1. The Balaban J connectivity index is 1.81. The second-order valence-corrected chi connectivity index (χ2v) is 9.91. The third-order valence-corrected chi connectivity index (χ3v) is 5.48. The topological polar surface area (TPSA) is 98.4 Å². The highest BCUT2D eigenvalue weighted by Gasteiger charge is 2.26. The zero-order valence-electron chi connectivity index (χ0n) is 20.5. The number of hydrogen-bond donors (Lipinski definition) is 2. The van der Waals surface area contributed by atoms with E-state index in [9.17, 15) is 14.7 Å². The Kier molecular flexibility index (Phi) is 7.09. The first-order valence-corrected chi connectivity index (χ1v) is 11.1. The normalized spacial score (nSPS) is 13.8. The van der Waals surface area contributed by atoms with E-state index in [1.165, 1.54) is 0 Å². The zero-order chi connectivity index (χ0) is 24.5. The molecule has 0 unspecified atom stereocenters. The van der Waals surface area contributed by atoms with Crippen molar-refractivity contribution in [3.63, 3.8) is 0 Å². The number of aromatic nitrogens is 3. The number of imidazole rings is 1. The Labute approximate surface area is 194 Å². The zero-order valence-corrected chi connectivity index (χ0v) is 20.5. The van der Waals surface area contributed by atoms with E-state index >= 15 is 0 Å². The molecule has 0 saturated carbocycles. The van der Waals surface area contributed by atoms with Gasteiger partial charge in [0.05, 0.1) is 23.7 Å². The van der Waals surface area contributed by atoms with Gasteiger partial charge in [-0.3, -0.25) is 14.9 Å². The van der Waals surface area contributed by atoms with Crippen LogP contribution >= 0.6 is 0 Å². The van der Waals surface area contributed by atoms with E-state index in [-0.39, 0.29) is 17.6 Å². The summed E-state index contributed by atoms with van der Waals surface area (Å²) in [6.07, 6.45) is 0.894. The Morgan fingerprint density at radius 2 is 1.94 bits per heavy atom. The van der Waals surface area contributed by atoms with Crippen molar-refractivity contribution in [2.24, 2.45) is 19.5 Å². The molecule has 2 N–H and O–H groups in total. The van der Waals surface area contributed by atoms with E-state index in [0.717, 1.165) is 28.0 Å². The van der Waals surface area contributed by atoms with Gasteiger partial charge in [-0.1, -0.05) is 26.8 Å². The summed E-state index contributed by atoms with van der Waals surface area (Å²) in [6, 6.07) is 6.93. The molecule has 3 aromatic rings. The van der Waals surface area contributed by atoms with E-state index < -0.39 is 18.1 Å². The molecule has 1 aromatic carbocycles. The third-order valence-electron chi connectivity index (χ3n) is 5.48. The van der Waals surface area contributed by atoms with Crippen LogP contribution in [0, 0.1) is 12.3 Å². The molecule has 8 heteroatoms. The summed E-state index contributed by atoms with van der Waals surface area (Å²) < 4.78 is 8.94. The van der Waals surface area contributed by atoms with Gasteiger partial charge in [0.25, 0.3) is 5.56 Å². The minimum Gasteiger partial charge on any atom is -0.464 e. The second kappa shape index (κ2) is 9.49. The smallest absolute Gasteiger partial charge is 0.325 e. The highest BCUT2D eigenvalue weighted by molar-refractivity contribution is 5.81. The molecule has 0 aliphatic carbocycles. The first-order chi connectivity index (χ1) is 15.4. The van der Waals surface area contributed by atoms with Gasteiger partial charge in [-0.25, -0.2) is 4.98 Å². The van der Waals surface area contributed by atoms with E-state index in [2.05, 4.69) is 5.32 Å². The van der Waals surface area contributed by atoms with Crippen LogP contribution in [0.15, 0.2) is 35.3 Å². The predicted molar refractivity (Wildman–Crippen MR) is 129 cm³/mol. The molecular formula is C25H34N4O4. The van der Waals surface area contributed by atoms with Gasteiger partial charge in [-0.05, 0) is 43.0 Å². The van der Waals surface area contributed by atoms with Crippen molar-refractivity contribution >= 4 is 17.0 Å². The maximum absolute atomic E-state index is 12.5. The van der Waals surface area contributed by atoms with E-state index in [1.807, 2.05) is 56.7 Å². The van der Waals surface area contributed by atoms with Gasteiger partial charge in [0.15, 0.2) is 0 Å². The monoisotopic (exact) mass is 454 g/mol. The van der Waals surface area contributed by atoms with Crippen LogP contribution in [-0.2, 0) is 30.2 Å². The SMILES string of the molecule is Cc1cc(-c2nc3cc(CN[C@H](C(=O)OCC(C)(C)C)[C@@H](C)O)ccc3n2C)cn(C)c1=O. The van der Waals surface area contributed by atoms with E-state index in [1.54, 1.807) is 31.7 Å². The molecule has 0 aliphatic heterocycles. The van der Waals surface area contributed by atoms with Gasteiger partial charge in [0.1, 0.15) is 11.9 Å². The molecule has 178 valence electrons. The first kappa shape index (κ1) is 24.7. The average molecular weight is 455 g/mol. The van der Waals surface area contributed by atoms with Crippen molar-refractivity contribution in [2.45, 2.75) is 53.3 Å². The fraction of sp³-hybridized carbons (Fsp3) is 0.480. The van der Waals surface area contributed by atoms with Crippen molar-refractivity contribution < 1.29 is 14.6 Å². The lowest BCUT2D eigenvalue weighted by Gasteiger charge is -2.23. The highest BCUT2D eigenvalue weighted by Crippen LogP contribution is 2.24. The molecule has 0 fully saturated rings. The molecule has 0 spiro atoms. The summed E-state index contributed by atoms with van der Waals surface area (Å²) in [5.74, 6) is 0.299. The van der Waals surface area contributed by atoms with Crippen molar-refractivity contribution in [1.29, 1.82) is 0 Å². The largest absolute Gasteiger partial charge is 0.464 e. The second-order valence-electron chi connectivity index (χ2n) is 9.91. The van der Waals surface area contributed by atoms with Crippen LogP contribution in [0.2, 0.25) is 0 Å². The molecule has 0 amide bonds. The number of esters is 1. The molecule has 0 bridgehead atoms. The van der Waals surface area contributed by atoms with Gasteiger partial charge in [0, 0.05) is 38.0 Å². The molecule has 2 atom stereocenters. The number of hydrogen-bond acceptors (Lipinski definition) is 6. The number of rotatable bonds is 7. The summed E-state index contributed by atoms with van der Waals surface area (Å²) in [5, 5.41) is 13.2. The Morgan fingerprint density at radius 1 is 1.24 bits per heavy atom. The molecule has 2 aromatic heterocycles. The summed E-state index contributed by atoms with van der Waals surface area (Å²) in [5.41, 5.74) is 4.04. The van der Waals surface area contributed by atoms with Crippen molar-refractivity contribution in [3.05, 3.63) is 51.9 Å². The minimum absolute atomic E-state index is 0.0282. The standard InChI is InChI=1S/C25H34N4O4/c1-15-10-18(13-28(6)23(15)31)22-27-19-11-17(8-9-20(19)29(22)7)12-26-21(16(2)30)24(32)33-14-25(3,4)5/h8-11,13,16,21,26,30H,12,14H2,1-7H3/t16-,21+/m1/s1. The predicted octanol–water partition coefficient (Wildman–Crippen LogP) is 2.68. The minimum atomic E-state index is -0.893. The van der Waals surface area contributed by atoms with Crippen molar-refractivity contribution in [2.75, 3.05) is 6.61 Å². The van der Waals surface area contributed by atoms with E-state index in [0.29, 0.717) is 12.1 Å². The van der Waals surface area contributed by atoms with Crippen LogP contribution in [0.5, 0.6) is 0 Å². The number of carbonyl (C=O) groups excluding carboxylic acids is 1. The fourth-order valence-electron chi connectivity index (χ4n) is 3.67. The van der Waals surface area contributed by atoms with Crippen molar-refractivity contribution in [1.82, 2.24) is 19.4 Å².